The molecule has 0 fully saturated rings. The van der Waals surface area contributed by atoms with Crippen molar-refractivity contribution in [2.45, 2.75) is 17.4 Å². The second-order valence-electron chi connectivity index (χ2n) is 4.57. The van der Waals surface area contributed by atoms with Crippen molar-refractivity contribution in [2.24, 2.45) is 0 Å². The SMILES string of the molecule is COC(=O)[C@@H]1CC=CCN1S(=O)(=O)c1ccc([N+](=O)[O-])cc1. The number of esters is 1. The molecule has 0 N–H and O–H groups in total. The summed E-state index contributed by atoms with van der Waals surface area (Å²) in [5.41, 5.74) is -0.206. The van der Waals surface area contributed by atoms with Crippen LogP contribution in [-0.4, -0.2) is 43.3 Å². The second kappa shape index (κ2) is 6.24. The Balaban J connectivity index is 2.37. The number of rotatable bonds is 4. The van der Waals surface area contributed by atoms with Crippen molar-refractivity contribution in [3.63, 3.8) is 0 Å². The van der Waals surface area contributed by atoms with Crippen LogP contribution >= 0.6 is 0 Å². The largest absolute Gasteiger partial charge is 0.468 e. The van der Waals surface area contributed by atoms with Gasteiger partial charge in [0, 0.05) is 18.7 Å². The van der Waals surface area contributed by atoms with E-state index in [1.54, 1.807) is 12.2 Å². The van der Waals surface area contributed by atoms with Crippen molar-refractivity contribution < 1.29 is 22.9 Å². The van der Waals surface area contributed by atoms with Crippen molar-refractivity contribution in [1.82, 2.24) is 4.31 Å². The van der Waals surface area contributed by atoms with Crippen LogP contribution in [0.3, 0.4) is 0 Å². The van der Waals surface area contributed by atoms with Crippen LogP contribution in [0.2, 0.25) is 0 Å². The highest BCUT2D eigenvalue weighted by molar-refractivity contribution is 7.89. The molecule has 1 aromatic carbocycles. The zero-order chi connectivity index (χ0) is 16.3. The van der Waals surface area contributed by atoms with E-state index in [1.165, 1.54) is 7.11 Å². The molecule has 1 heterocycles. The van der Waals surface area contributed by atoms with Crippen LogP contribution < -0.4 is 0 Å². The molecule has 0 bridgehead atoms. The van der Waals surface area contributed by atoms with Crippen LogP contribution in [0.25, 0.3) is 0 Å². The van der Waals surface area contributed by atoms with Gasteiger partial charge in [-0.05, 0) is 18.6 Å². The second-order valence-corrected chi connectivity index (χ2v) is 6.46. The van der Waals surface area contributed by atoms with E-state index in [4.69, 9.17) is 0 Å². The molecule has 0 aliphatic carbocycles. The van der Waals surface area contributed by atoms with Crippen LogP contribution in [0.5, 0.6) is 0 Å². The van der Waals surface area contributed by atoms with Gasteiger partial charge in [-0.3, -0.25) is 14.9 Å². The minimum Gasteiger partial charge on any atom is -0.468 e. The van der Waals surface area contributed by atoms with E-state index in [0.717, 1.165) is 28.6 Å². The van der Waals surface area contributed by atoms with Crippen molar-refractivity contribution in [3.8, 4) is 0 Å². The summed E-state index contributed by atoms with van der Waals surface area (Å²) in [5.74, 6) is -0.644. The van der Waals surface area contributed by atoms with E-state index in [2.05, 4.69) is 4.74 Å². The first-order valence-electron chi connectivity index (χ1n) is 6.37. The van der Waals surface area contributed by atoms with Gasteiger partial charge < -0.3 is 4.74 Å². The Morgan fingerprint density at radius 1 is 1.32 bits per heavy atom. The lowest BCUT2D eigenvalue weighted by atomic mass is 10.1. The van der Waals surface area contributed by atoms with Gasteiger partial charge in [0.2, 0.25) is 10.0 Å². The van der Waals surface area contributed by atoms with Gasteiger partial charge in [0.15, 0.2) is 0 Å². The Morgan fingerprint density at radius 3 is 2.50 bits per heavy atom. The highest BCUT2D eigenvalue weighted by atomic mass is 32.2. The molecule has 8 nitrogen and oxygen atoms in total. The first-order chi connectivity index (χ1) is 10.4. The Morgan fingerprint density at radius 2 is 1.95 bits per heavy atom. The number of hydrogen-bond donors (Lipinski definition) is 0. The van der Waals surface area contributed by atoms with E-state index < -0.39 is 27.0 Å². The monoisotopic (exact) mass is 326 g/mol. The maximum absolute atomic E-state index is 12.6. The van der Waals surface area contributed by atoms with Gasteiger partial charge in [-0.2, -0.15) is 4.31 Å². The molecule has 0 aromatic heterocycles. The molecule has 1 aliphatic heterocycles. The van der Waals surface area contributed by atoms with E-state index in [-0.39, 0.29) is 23.5 Å². The number of non-ortho nitro benzene ring substituents is 1. The fraction of sp³-hybridized carbons (Fsp3) is 0.308. The minimum atomic E-state index is -3.95. The van der Waals surface area contributed by atoms with Gasteiger partial charge in [0.25, 0.3) is 5.69 Å². The summed E-state index contributed by atoms with van der Waals surface area (Å²) in [6.45, 7) is 0.0408. The Bertz CT molecular complexity index is 711. The fourth-order valence-corrected chi connectivity index (χ4v) is 3.68. The molecular formula is C13H14N2O6S. The Labute approximate surface area is 127 Å². The number of nitro benzene ring substituents is 1. The van der Waals surface area contributed by atoms with Crippen LogP contribution in [0.4, 0.5) is 5.69 Å². The number of sulfonamides is 1. The highest BCUT2D eigenvalue weighted by Gasteiger charge is 2.36. The van der Waals surface area contributed by atoms with Crippen LogP contribution in [0.15, 0.2) is 41.3 Å². The number of nitro groups is 1. The summed E-state index contributed by atoms with van der Waals surface area (Å²) in [5, 5.41) is 10.6. The van der Waals surface area contributed by atoms with Crippen LogP contribution in [0, 0.1) is 10.1 Å². The molecule has 1 aliphatic rings. The van der Waals surface area contributed by atoms with Crippen molar-refractivity contribution in [1.29, 1.82) is 0 Å². The zero-order valence-electron chi connectivity index (χ0n) is 11.7. The average molecular weight is 326 g/mol. The lowest BCUT2D eigenvalue weighted by molar-refractivity contribution is -0.384. The molecule has 1 atom stereocenters. The first kappa shape index (κ1) is 16.1. The number of ether oxygens (including phenoxy) is 1. The lowest BCUT2D eigenvalue weighted by Crippen LogP contribution is -2.46. The maximum Gasteiger partial charge on any atom is 0.324 e. The molecule has 0 spiro atoms. The normalized spacial score (nSPS) is 18.9. The van der Waals surface area contributed by atoms with Gasteiger partial charge in [-0.25, -0.2) is 8.42 Å². The van der Waals surface area contributed by atoms with Crippen molar-refractivity contribution in [2.75, 3.05) is 13.7 Å². The molecule has 22 heavy (non-hydrogen) atoms. The molecule has 0 unspecified atom stereocenters. The summed E-state index contributed by atoms with van der Waals surface area (Å²) < 4.78 is 30.9. The molecule has 0 saturated carbocycles. The summed E-state index contributed by atoms with van der Waals surface area (Å²) in [6.07, 6.45) is 3.57. The summed E-state index contributed by atoms with van der Waals surface area (Å²) in [4.78, 5) is 21.6. The van der Waals surface area contributed by atoms with Crippen molar-refractivity contribution >= 4 is 21.7 Å². The van der Waals surface area contributed by atoms with Gasteiger partial charge in [0.05, 0.1) is 16.9 Å². The Kier molecular flexibility index (Phi) is 4.57. The summed E-state index contributed by atoms with van der Waals surface area (Å²) >= 11 is 0. The van der Waals surface area contributed by atoms with E-state index in [9.17, 15) is 23.3 Å². The lowest BCUT2D eigenvalue weighted by Gasteiger charge is -2.29. The van der Waals surface area contributed by atoms with Gasteiger partial charge >= 0.3 is 5.97 Å². The number of benzene rings is 1. The van der Waals surface area contributed by atoms with E-state index >= 15 is 0 Å². The quantitative estimate of drug-likeness (QED) is 0.355. The van der Waals surface area contributed by atoms with E-state index in [1.807, 2.05) is 0 Å². The number of hydrogen-bond acceptors (Lipinski definition) is 6. The molecule has 0 radical (unpaired) electrons. The smallest absolute Gasteiger partial charge is 0.324 e. The highest BCUT2D eigenvalue weighted by Crippen LogP contribution is 2.24. The van der Waals surface area contributed by atoms with E-state index in [0.29, 0.717) is 0 Å². The molecule has 118 valence electrons. The fourth-order valence-electron chi connectivity index (χ4n) is 2.14. The van der Waals surface area contributed by atoms with Gasteiger partial charge in [0.1, 0.15) is 6.04 Å². The molecule has 1 aromatic rings. The number of methoxy groups -OCH3 is 1. The number of carbonyl (C=O) groups excluding carboxylic acids is 1. The molecule has 2 rings (SSSR count). The average Bonchev–Trinajstić information content (AvgIpc) is 2.54. The summed E-state index contributed by atoms with van der Waals surface area (Å²) in [6, 6.07) is 3.59. The molecule has 0 amide bonds. The first-order valence-corrected chi connectivity index (χ1v) is 7.81. The van der Waals surface area contributed by atoms with Gasteiger partial charge in [-0.1, -0.05) is 12.2 Å². The number of carbonyl (C=O) groups is 1. The summed E-state index contributed by atoms with van der Waals surface area (Å²) in [7, 11) is -2.76. The zero-order valence-corrected chi connectivity index (χ0v) is 12.5. The van der Waals surface area contributed by atoms with Crippen LogP contribution in [-0.2, 0) is 19.6 Å². The predicted molar refractivity (Wildman–Crippen MR) is 76.5 cm³/mol. The Hall–Kier alpha value is -2.26. The molecule has 0 saturated heterocycles. The van der Waals surface area contributed by atoms with Crippen LogP contribution in [0.1, 0.15) is 6.42 Å². The minimum absolute atomic E-state index is 0.0408. The maximum atomic E-state index is 12.6. The third-order valence-electron chi connectivity index (χ3n) is 3.29. The third kappa shape index (κ3) is 3.00. The third-order valence-corrected chi connectivity index (χ3v) is 5.18. The predicted octanol–water partition coefficient (Wildman–Crippen LogP) is 1.09. The molecular weight excluding hydrogens is 312 g/mol. The number of nitrogens with zero attached hydrogens (tertiary/aromatic N) is 2. The molecule has 9 heteroatoms. The topological polar surface area (TPSA) is 107 Å². The van der Waals surface area contributed by atoms with Gasteiger partial charge in [-0.15, -0.1) is 0 Å². The standard InChI is InChI=1S/C13H14N2O6S/c1-21-13(16)12-4-2-3-9-14(12)22(19,20)11-7-5-10(6-8-11)15(17)18/h2-3,5-8,12H,4,9H2,1H3/t12-/m0/s1. The van der Waals surface area contributed by atoms with Crippen molar-refractivity contribution in [3.05, 3.63) is 46.5 Å².